The predicted octanol–water partition coefficient (Wildman–Crippen LogP) is 1.57. The standard InChI is InChI=1S/C16H33N3O3S/c1-14(2,3)23(20,21)10-9-18-13(17-7)19-12-11-16(6,22-8)15(12,4)5/h12H,9-11H2,1-8H3,(H2,17,18,19). The number of aliphatic imine (C=N–C) groups is 1. The number of ether oxygens (including phenoxy) is 1. The first-order valence-electron chi connectivity index (χ1n) is 8.05. The number of hydrogen-bond acceptors (Lipinski definition) is 4. The van der Waals surface area contributed by atoms with Crippen LogP contribution in [0.1, 0.15) is 48.0 Å². The van der Waals surface area contributed by atoms with Gasteiger partial charge in [0.2, 0.25) is 0 Å². The van der Waals surface area contributed by atoms with E-state index in [-0.39, 0.29) is 22.8 Å². The molecule has 2 atom stereocenters. The van der Waals surface area contributed by atoms with Gasteiger partial charge >= 0.3 is 0 Å². The van der Waals surface area contributed by atoms with Gasteiger partial charge in [-0.05, 0) is 34.1 Å². The molecule has 0 heterocycles. The lowest BCUT2D eigenvalue weighted by Crippen LogP contribution is -2.69. The van der Waals surface area contributed by atoms with Crippen molar-refractivity contribution >= 4 is 15.8 Å². The molecule has 1 rings (SSSR count). The highest BCUT2D eigenvalue weighted by molar-refractivity contribution is 7.92. The van der Waals surface area contributed by atoms with Crippen LogP contribution >= 0.6 is 0 Å². The summed E-state index contributed by atoms with van der Waals surface area (Å²) in [5.74, 6) is 0.714. The summed E-state index contributed by atoms with van der Waals surface area (Å²) in [5, 5.41) is 6.47. The maximum Gasteiger partial charge on any atom is 0.191 e. The van der Waals surface area contributed by atoms with Crippen molar-refractivity contribution in [2.75, 3.05) is 26.5 Å². The Morgan fingerprint density at radius 2 is 1.87 bits per heavy atom. The lowest BCUT2D eigenvalue weighted by molar-refractivity contribution is -0.176. The van der Waals surface area contributed by atoms with E-state index >= 15 is 0 Å². The SMILES string of the molecule is CN=C(NCCS(=O)(=O)C(C)(C)C)NC1CC(C)(OC)C1(C)C. The van der Waals surface area contributed by atoms with Crippen LogP contribution in [0.25, 0.3) is 0 Å². The molecule has 0 radical (unpaired) electrons. The maximum atomic E-state index is 12.1. The first-order chi connectivity index (χ1) is 10.3. The van der Waals surface area contributed by atoms with Gasteiger partial charge in [0.05, 0.1) is 16.1 Å². The van der Waals surface area contributed by atoms with Crippen LogP contribution < -0.4 is 10.6 Å². The van der Waals surface area contributed by atoms with Crippen LogP contribution in [0.4, 0.5) is 0 Å². The van der Waals surface area contributed by atoms with Gasteiger partial charge < -0.3 is 15.4 Å². The molecule has 6 nitrogen and oxygen atoms in total. The Hall–Kier alpha value is -0.820. The molecule has 0 aliphatic heterocycles. The van der Waals surface area contributed by atoms with Crippen LogP contribution in [0.5, 0.6) is 0 Å². The average Bonchev–Trinajstić information content (AvgIpc) is 2.43. The van der Waals surface area contributed by atoms with Crippen LogP contribution in [0.15, 0.2) is 4.99 Å². The van der Waals surface area contributed by atoms with Gasteiger partial charge in [-0.2, -0.15) is 0 Å². The monoisotopic (exact) mass is 347 g/mol. The van der Waals surface area contributed by atoms with E-state index in [4.69, 9.17) is 4.74 Å². The first kappa shape index (κ1) is 20.2. The largest absolute Gasteiger partial charge is 0.378 e. The van der Waals surface area contributed by atoms with Crippen molar-refractivity contribution in [2.24, 2.45) is 10.4 Å². The third kappa shape index (κ3) is 3.99. The number of nitrogens with one attached hydrogen (secondary N) is 2. The summed E-state index contributed by atoms with van der Waals surface area (Å²) >= 11 is 0. The summed E-state index contributed by atoms with van der Waals surface area (Å²) in [6.07, 6.45) is 0.886. The normalized spacial score (nSPS) is 28.2. The molecule has 0 spiro atoms. The fraction of sp³-hybridized carbons (Fsp3) is 0.938. The lowest BCUT2D eigenvalue weighted by atomic mass is 9.56. The van der Waals surface area contributed by atoms with E-state index < -0.39 is 14.6 Å². The third-order valence-corrected chi connectivity index (χ3v) is 8.02. The van der Waals surface area contributed by atoms with Crippen molar-refractivity contribution in [2.45, 2.75) is 64.4 Å². The molecule has 7 heteroatoms. The van der Waals surface area contributed by atoms with Crippen LogP contribution in [0.3, 0.4) is 0 Å². The Morgan fingerprint density at radius 3 is 2.26 bits per heavy atom. The highest BCUT2D eigenvalue weighted by Gasteiger charge is 2.58. The van der Waals surface area contributed by atoms with Crippen molar-refractivity contribution in [3.05, 3.63) is 0 Å². The van der Waals surface area contributed by atoms with E-state index in [0.29, 0.717) is 12.5 Å². The van der Waals surface area contributed by atoms with Crippen LogP contribution in [0, 0.1) is 5.41 Å². The fourth-order valence-corrected chi connectivity index (χ4v) is 3.68. The zero-order valence-electron chi connectivity index (χ0n) is 15.8. The lowest BCUT2D eigenvalue weighted by Gasteiger charge is -2.59. The van der Waals surface area contributed by atoms with Gasteiger partial charge in [0.15, 0.2) is 15.8 Å². The molecule has 136 valence electrons. The fourth-order valence-electron chi connectivity index (χ4n) is 2.69. The molecule has 1 fully saturated rings. The molecule has 0 aromatic rings. The second-order valence-electron chi connectivity index (χ2n) is 7.99. The zero-order valence-corrected chi connectivity index (χ0v) is 16.6. The number of nitrogens with zero attached hydrogens (tertiary/aromatic N) is 1. The zero-order chi connectivity index (χ0) is 18.1. The van der Waals surface area contributed by atoms with E-state index in [1.165, 1.54) is 0 Å². The topological polar surface area (TPSA) is 79.8 Å². The summed E-state index contributed by atoms with van der Waals surface area (Å²) in [5.41, 5.74) is -0.185. The number of sulfone groups is 1. The minimum Gasteiger partial charge on any atom is -0.378 e. The Labute approximate surface area is 141 Å². The van der Waals surface area contributed by atoms with Crippen molar-refractivity contribution < 1.29 is 13.2 Å². The second kappa shape index (κ2) is 6.59. The van der Waals surface area contributed by atoms with E-state index in [1.807, 2.05) is 0 Å². The summed E-state index contributed by atoms with van der Waals surface area (Å²) in [7, 11) is 0.295. The Kier molecular flexibility index (Phi) is 5.79. The van der Waals surface area contributed by atoms with Crippen molar-refractivity contribution in [3.8, 4) is 0 Å². The Bertz CT molecular complexity index is 549. The van der Waals surface area contributed by atoms with Gasteiger partial charge in [-0.3, -0.25) is 4.99 Å². The van der Waals surface area contributed by atoms with Gasteiger partial charge in [0.1, 0.15) is 0 Å². The maximum absolute atomic E-state index is 12.1. The number of hydrogen-bond donors (Lipinski definition) is 2. The summed E-state index contributed by atoms with van der Waals surface area (Å²) < 4.78 is 29.1. The molecular formula is C16H33N3O3S. The number of methoxy groups -OCH3 is 1. The molecule has 1 aliphatic carbocycles. The molecule has 1 saturated carbocycles. The quantitative estimate of drug-likeness (QED) is 0.583. The Balaban J connectivity index is 2.56. The first-order valence-corrected chi connectivity index (χ1v) is 9.70. The smallest absolute Gasteiger partial charge is 0.191 e. The molecule has 2 unspecified atom stereocenters. The molecule has 0 saturated heterocycles. The minimum atomic E-state index is -3.13. The van der Waals surface area contributed by atoms with E-state index in [0.717, 1.165) is 6.42 Å². The summed E-state index contributed by atoms with van der Waals surface area (Å²) in [6.45, 7) is 11.9. The number of rotatable bonds is 5. The van der Waals surface area contributed by atoms with E-state index in [9.17, 15) is 8.42 Å². The molecule has 0 aromatic heterocycles. The molecule has 0 bridgehead atoms. The number of guanidine groups is 1. The second-order valence-corrected chi connectivity index (χ2v) is 10.9. The molecule has 0 aromatic carbocycles. The van der Waals surface area contributed by atoms with Gasteiger partial charge in [0.25, 0.3) is 0 Å². The minimum absolute atomic E-state index is 0.0309. The van der Waals surface area contributed by atoms with Crippen molar-refractivity contribution in [1.82, 2.24) is 10.6 Å². The van der Waals surface area contributed by atoms with E-state index in [1.54, 1.807) is 34.9 Å². The summed E-state index contributed by atoms with van der Waals surface area (Å²) in [4.78, 5) is 4.19. The molecule has 23 heavy (non-hydrogen) atoms. The molecule has 2 N–H and O–H groups in total. The van der Waals surface area contributed by atoms with Crippen molar-refractivity contribution in [3.63, 3.8) is 0 Å². The molecular weight excluding hydrogens is 314 g/mol. The average molecular weight is 348 g/mol. The van der Waals surface area contributed by atoms with E-state index in [2.05, 4.69) is 36.4 Å². The van der Waals surface area contributed by atoms with Gasteiger partial charge in [-0.1, -0.05) is 13.8 Å². The Morgan fingerprint density at radius 1 is 1.30 bits per heavy atom. The summed E-state index contributed by atoms with van der Waals surface area (Å²) in [6, 6.07) is 0.234. The van der Waals surface area contributed by atoms with Gasteiger partial charge in [0, 0.05) is 32.2 Å². The third-order valence-electron chi connectivity index (χ3n) is 5.41. The van der Waals surface area contributed by atoms with Crippen LogP contribution in [-0.4, -0.2) is 57.2 Å². The highest BCUT2D eigenvalue weighted by atomic mass is 32.2. The predicted molar refractivity (Wildman–Crippen MR) is 95.6 cm³/mol. The van der Waals surface area contributed by atoms with Crippen molar-refractivity contribution in [1.29, 1.82) is 0 Å². The molecule has 1 aliphatic rings. The highest BCUT2D eigenvalue weighted by Crippen LogP contribution is 2.51. The van der Waals surface area contributed by atoms with Gasteiger partial charge in [-0.25, -0.2) is 8.42 Å². The molecule has 0 amide bonds. The van der Waals surface area contributed by atoms with Crippen LogP contribution in [0.2, 0.25) is 0 Å². The van der Waals surface area contributed by atoms with Gasteiger partial charge in [-0.15, -0.1) is 0 Å². The van der Waals surface area contributed by atoms with Crippen LogP contribution in [-0.2, 0) is 14.6 Å².